The van der Waals surface area contributed by atoms with Crippen molar-refractivity contribution in [3.8, 4) is 0 Å². The molecule has 0 saturated heterocycles. The summed E-state index contributed by atoms with van der Waals surface area (Å²) in [6, 6.07) is 0. The van der Waals surface area contributed by atoms with Crippen LogP contribution in [0.3, 0.4) is 0 Å². The van der Waals surface area contributed by atoms with Crippen molar-refractivity contribution in [1.82, 2.24) is 0 Å². The molecule has 0 radical (unpaired) electrons. The largest absolute Gasteiger partial charge is 0.396 e. The second-order valence-electron chi connectivity index (χ2n) is 4.08. The Labute approximate surface area is 90.7 Å². The lowest BCUT2D eigenvalue weighted by Gasteiger charge is -2.31. The first-order valence-corrected chi connectivity index (χ1v) is 5.58. The van der Waals surface area contributed by atoms with Crippen molar-refractivity contribution in [3.63, 3.8) is 0 Å². The van der Waals surface area contributed by atoms with Gasteiger partial charge >= 0.3 is 0 Å². The summed E-state index contributed by atoms with van der Waals surface area (Å²) >= 11 is 0. The van der Waals surface area contributed by atoms with Crippen molar-refractivity contribution in [1.29, 1.82) is 0 Å². The van der Waals surface area contributed by atoms with E-state index in [9.17, 15) is 0 Å². The summed E-state index contributed by atoms with van der Waals surface area (Å²) < 4.78 is 0. The zero-order valence-electron chi connectivity index (χ0n) is 9.11. The van der Waals surface area contributed by atoms with E-state index in [2.05, 4.69) is 30.1 Å². The molecule has 0 aromatic carbocycles. The van der Waals surface area contributed by atoms with Crippen LogP contribution >= 0.6 is 0 Å². The maximum atomic E-state index is 9.07. The number of hydrogen-bond donors (Lipinski definition) is 1. The highest BCUT2D eigenvalue weighted by Gasteiger charge is 2.38. The molecule has 0 aromatic rings. The quantitative estimate of drug-likeness (QED) is 0.748. The molecule has 1 aliphatic carbocycles. The van der Waals surface area contributed by atoms with Crippen LogP contribution < -0.4 is 0 Å². The van der Waals surface area contributed by atoms with Crippen molar-refractivity contribution >= 4 is 5.71 Å². The minimum atomic E-state index is -0.00771. The maximum Gasteiger partial charge on any atom is 0.0544 e. The molecule has 0 bridgehead atoms. The molecule has 0 fully saturated rings. The van der Waals surface area contributed by atoms with Crippen molar-refractivity contribution < 1.29 is 5.11 Å². The van der Waals surface area contributed by atoms with Gasteiger partial charge in [0.05, 0.1) is 11.1 Å². The lowest BCUT2D eigenvalue weighted by molar-refractivity contribution is 0.292. The highest BCUT2D eigenvalue weighted by molar-refractivity contribution is 6.06. The number of rotatable bonds is 4. The zero-order chi connectivity index (χ0) is 10.7. The summed E-state index contributed by atoms with van der Waals surface area (Å²) in [7, 11) is 0. The number of allylic oxidation sites excluding steroid dienone is 4. The minimum Gasteiger partial charge on any atom is -0.396 e. The Kier molecular flexibility index (Phi) is 2.87. The minimum absolute atomic E-state index is 0.00771. The zero-order valence-corrected chi connectivity index (χ0v) is 9.11. The van der Waals surface area contributed by atoms with E-state index in [0.717, 1.165) is 25.0 Å². The van der Waals surface area contributed by atoms with Gasteiger partial charge in [-0.25, -0.2) is 0 Å². The first-order valence-electron chi connectivity index (χ1n) is 5.58. The summed E-state index contributed by atoms with van der Waals surface area (Å²) in [5, 5.41) is 9.07. The van der Waals surface area contributed by atoms with Crippen molar-refractivity contribution in [2.24, 2.45) is 10.4 Å². The van der Waals surface area contributed by atoms with Gasteiger partial charge in [-0.1, -0.05) is 31.6 Å². The summed E-state index contributed by atoms with van der Waals surface area (Å²) in [6.45, 7) is 2.39. The van der Waals surface area contributed by atoms with Crippen LogP contribution in [-0.2, 0) is 0 Å². The van der Waals surface area contributed by atoms with Crippen LogP contribution in [-0.4, -0.2) is 17.4 Å². The van der Waals surface area contributed by atoms with Gasteiger partial charge in [0, 0.05) is 12.8 Å². The molecule has 0 saturated carbocycles. The van der Waals surface area contributed by atoms with Crippen LogP contribution in [0.25, 0.3) is 0 Å². The van der Waals surface area contributed by atoms with Crippen molar-refractivity contribution in [2.75, 3.05) is 6.61 Å². The number of fused-ring (bicyclic) bond motifs is 1. The predicted molar refractivity (Wildman–Crippen MR) is 62.8 cm³/mol. The fraction of sp³-hybridized carbons (Fsp3) is 0.462. The molecule has 1 N–H and O–H groups in total. The molecular weight excluding hydrogens is 186 g/mol. The first-order chi connectivity index (χ1) is 7.33. The Hall–Kier alpha value is -1.15. The molecule has 0 amide bonds. The third-order valence-corrected chi connectivity index (χ3v) is 3.16. The van der Waals surface area contributed by atoms with E-state index in [0.29, 0.717) is 0 Å². The van der Waals surface area contributed by atoms with Gasteiger partial charge in [0.15, 0.2) is 0 Å². The Bertz CT molecular complexity index is 363. The van der Waals surface area contributed by atoms with Crippen LogP contribution in [0.5, 0.6) is 0 Å². The van der Waals surface area contributed by atoms with Gasteiger partial charge in [-0.3, -0.25) is 4.99 Å². The monoisotopic (exact) mass is 203 g/mol. The summed E-state index contributed by atoms with van der Waals surface area (Å²) in [6.07, 6.45) is 13.3. The second-order valence-corrected chi connectivity index (χ2v) is 4.08. The normalized spacial score (nSPS) is 27.6. The Balaban J connectivity index is 2.32. The average molecular weight is 203 g/mol. The molecule has 1 aliphatic heterocycles. The molecule has 2 heteroatoms. The van der Waals surface area contributed by atoms with E-state index in [1.54, 1.807) is 0 Å². The molecule has 2 nitrogen and oxygen atoms in total. The Morgan fingerprint density at radius 1 is 1.40 bits per heavy atom. The fourth-order valence-electron chi connectivity index (χ4n) is 2.47. The molecule has 0 spiro atoms. The molecule has 2 aliphatic rings. The van der Waals surface area contributed by atoms with Gasteiger partial charge in [0.25, 0.3) is 0 Å². The lowest BCUT2D eigenvalue weighted by atomic mass is 9.71. The molecule has 15 heavy (non-hydrogen) atoms. The molecule has 1 unspecified atom stereocenters. The molecule has 1 atom stereocenters. The smallest absolute Gasteiger partial charge is 0.0544 e. The number of aliphatic hydroxyl groups is 1. The van der Waals surface area contributed by atoms with E-state index in [4.69, 9.17) is 5.11 Å². The predicted octanol–water partition coefficient (Wildman–Crippen LogP) is 2.62. The molecular formula is C13H17NO. The van der Waals surface area contributed by atoms with E-state index < -0.39 is 0 Å². The third kappa shape index (κ3) is 1.59. The molecule has 1 heterocycles. The fourth-order valence-corrected chi connectivity index (χ4v) is 2.47. The standard InChI is InChI=1S/C13H17NO/c1-2-7-13-8-4-3-5-12(13)14-10-11(13)6-9-15/h3-5,8,10,15H,2,6-7,9H2,1H3. The van der Waals surface area contributed by atoms with E-state index in [1.807, 2.05) is 12.3 Å². The number of aliphatic hydroxyl groups excluding tert-OH is 1. The molecule has 80 valence electrons. The van der Waals surface area contributed by atoms with Crippen LogP contribution in [0, 0.1) is 5.41 Å². The van der Waals surface area contributed by atoms with E-state index >= 15 is 0 Å². The van der Waals surface area contributed by atoms with Crippen LogP contribution in [0.2, 0.25) is 0 Å². The first kappa shape index (κ1) is 10.4. The van der Waals surface area contributed by atoms with Gasteiger partial charge in [-0.2, -0.15) is 0 Å². The Morgan fingerprint density at radius 2 is 2.27 bits per heavy atom. The molecule has 0 aromatic heterocycles. The molecule has 2 rings (SSSR count). The summed E-state index contributed by atoms with van der Waals surface area (Å²) in [5.74, 6) is 0. The average Bonchev–Trinajstić information content (AvgIpc) is 2.59. The van der Waals surface area contributed by atoms with Gasteiger partial charge in [-0.05, 0) is 24.5 Å². The van der Waals surface area contributed by atoms with Gasteiger partial charge < -0.3 is 5.11 Å². The van der Waals surface area contributed by atoms with Crippen LogP contribution in [0.4, 0.5) is 0 Å². The van der Waals surface area contributed by atoms with Gasteiger partial charge in [0.1, 0.15) is 0 Å². The van der Waals surface area contributed by atoms with E-state index in [-0.39, 0.29) is 12.0 Å². The summed E-state index contributed by atoms with van der Waals surface area (Å²) in [4.78, 5) is 4.45. The van der Waals surface area contributed by atoms with Gasteiger partial charge in [0.2, 0.25) is 0 Å². The number of aliphatic imine (C=N–C) groups is 1. The number of hydrogen-bond acceptors (Lipinski definition) is 2. The van der Waals surface area contributed by atoms with E-state index in [1.165, 1.54) is 5.57 Å². The number of nitrogens with zero attached hydrogens (tertiary/aromatic N) is 1. The highest BCUT2D eigenvalue weighted by Crippen LogP contribution is 2.43. The SMILES string of the molecule is CCCC12C=CC=CC1=NC=C2CCO. The van der Waals surface area contributed by atoms with Crippen LogP contribution in [0.15, 0.2) is 41.1 Å². The summed E-state index contributed by atoms with van der Waals surface area (Å²) in [5.41, 5.74) is 2.38. The second kappa shape index (κ2) is 4.15. The van der Waals surface area contributed by atoms with Crippen molar-refractivity contribution in [2.45, 2.75) is 26.2 Å². The van der Waals surface area contributed by atoms with Crippen molar-refractivity contribution in [3.05, 3.63) is 36.1 Å². The highest BCUT2D eigenvalue weighted by atomic mass is 16.3. The van der Waals surface area contributed by atoms with Gasteiger partial charge in [-0.15, -0.1) is 0 Å². The topological polar surface area (TPSA) is 32.6 Å². The Morgan fingerprint density at radius 3 is 3.00 bits per heavy atom. The van der Waals surface area contributed by atoms with Crippen LogP contribution in [0.1, 0.15) is 26.2 Å². The lowest BCUT2D eigenvalue weighted by Crippen LogP contribution is -2.29. The third-order valence-electron chi connectivity index (χ3n) is 3.16. The maximum absolute atomic E-state index is 9.07.